The molecule has 19 heavy (non-hydrogen) atoms. The fraction of sp³-hybridized carbons (Fsp3) is 0.235. The van der Waals surface area contributed by atoms with E-state index in [1.165, 1.54) is 11.1 Å². The van der Waals surface area contributed by atoms with Gasteiger partial charge in [0.1, 0.15) is 0 Å². The van der Waals surface area contributed by atoms with Gasteiger partial charge in [-0.15, -0.1) is 0 Å². The van der Waals surface area contributed by atoms with E-state index in [1.54, 1.807) is 0 Å². The maximum absolute atomic E-state index is 12.1. The van der Waals surface area contributed by atoms with Gasteiger partial charge in [0.15, 0.2) is 0 Å². The number of β-lactam (4-membered cyclic amide) rings is 1. The van der Waals surface area contributed by atoms with Crippen LogP contribution in [0.15, 0.2) is 60.7 Å². The first-order chi connectivity index (χ1) is 9.33. The summed E-state index contributed by atoms with van der Waals surface area (Å²) in [7, 11) is 0. The molecule has 1 amide bonds. The van der Waals surface area contributed by atoms with Crippen molar-refractivity contribution in [1.82, 2.24) is 4.90 Å². The van der Waals surface area contributed by atoms with Gasteiger partial charge >= 0.3 is 0 Å². The molecular weight excluding hydrogens is 234 g/mol. The molecule has 0 N–H and O–H groups in total. The lowest BCUT2D eigenvalue weighted by Crippen LogP contribution is -2.52. The van der Waals surface area contributed by atoms with Crippen molar-refractivity contribution < 1.29 is 4.79 Å². The molecule has 0 radical (unpaired) electrons. The molecule has 1 aliphatic heterocycles. The highest BCUT2D eigenvalue weighted by atomic mass is 16.2. The third-order valence-corrected chi connectivity index (χ3v) is 3.64. The van der Waals surface area contributed by atoms with Crippen LogP contribution in [0.2, 0.25) is 0 Å². The fourth-order valence-electron chi connectivity index (χ4n) is 2.58. The number of nitrogens with zero attached hydrogens (tertiary/aromatic N) is 1. The van der Waals surface area contributed by atoms with Crippen molar-refractivity contribution in [2.75, 3.05) is 6.54 Å². The van der Waals surface area contributed by atoms with Crippen molar-refractivity contribution in [1.29, 1.82) is 0 Å². The third kappa shape index (κ3) is 2.68. The van der Waals surface area contributed by atoms with Crippen LogP contribution in [0.1, 0.15) is 11.1 Å². The Balaban J connectivity index is 1.56. The van der Waals surface area contributed by atoms with Gasteiger partial charge in [-0.25, -0.2) is 0 Å². The quantitative estimate of drug-likeness (QED) is 0.765. The van der Waals surface area contributed by atoms with E-state index < -0.39 is 0 Å². The van der Waals surface area contributed by atoms with Crippen LogP contribution in [-0.2, 0) is 17.8 Å². The molecule has 1 fully saturated rings. The molecule has 0 bridgehead atoms. The highest BCUT2D eigenvalue weighted by Crippen LogP contribution is 2.24. The number of benzene rings is 2. The number of likely N-dealkylation sites (tertiary alicyclic amines) is 1. The molecule has 0 aliphatic carbocycles. The first kappa shape index (κ1) is 12.0. The van der Waals surface area contributed by atoms with Gasteiger partial charge in [0, 0.05) is 13.1 Å². The van der Waals surface area contributed by atoms with Gasteiger partial charge in [0.05, 0.1) is 5.92 Å². The van der Waals surface area contributed by atoms with E-state index in [9.17, 15) is 4.79 Å². The van der Waals surface area contributed by atoms with Gasteiger partial charge in [-0.1, -0.05) is 60.7 Å². The minimum Gasteiger partial charge on any atom is -0.337 e. The summed E-state index contributed by atoms with van der Waals surface area (Å²) in [4.78, 5) is 14.0. The molecule has 1 heterocycles. The van der Waals surface area contributed by atoms with Crippen LogP contribution >= 0.6 is 0 Å². The molecule has 2 nitrogen and oxygen atoms in total. The smallest absolute Gasteiger partial charge is 0.228 e. The zero-order chi connectivity index (χ0) is 13.1. The molecule has 0 unspecified atom stereocenters. The molecule has 2 aromatic rings. The zero-order valence-corrected chi connectivity index (χ0v) is 10.8. The number of hydrogen-bond acceptors (Lipinski definition) is 1. The Morgan fingerprint density at radius 1 is 0.895 bits per heavy atom. The van der Waals surface area contributed by atoms with Crippen molar-refractivity contribution in [3.8, 4) is 0 Å². The fourth-order valence-corrected chi connectivity index (χ4v) is 2.58. The summed E-state index contributed by atoms with van der Waals surface area (Å²) < 4.78 is 0. The minimum atomic E-state index is 0.172. The van der Waals surface area contributed by atoms with Gasteiger partial charge in [0.25, 0.3) is 0 Å². The van der Waals surface area contributed by atoms with Gasteiger partial charge in [-0.2, -0.15) is 0 Å². The molecule has 0 saturated carbocycles. The number of hydrogen-bond donors (Lipinski definition) is 0. The van der Waals surface area contributed by atoms with Crippen molar-refractivity contribution in [2.45, 2.75) is 13.0 Å². The lowest BCUT2D eigenvalue weighted by Gasteiger charge is -2.38. The average molecular weight is 251 g/mol. The average Bonchev–Trinajstić information content (AvgIpc) is 2.48. The Hall–Kier alpha value is -2.09. The highest BCUT2D eigenvalue weighted by Gasteiger charge is 2.35. The molecule has 0 spiro atoms. The summed E-state index contributed by atoms with van der Waals surface area (Å²) in [6, 6.07) is 20.4. The number of rotatable bonds is 4. The molecule has 0 aromatic heterocycles. The lowest BCUT2D eigenvalue weighted by molar-refractivity contribution is -0.148. The van der Waals surface area contributed by atoms with Crippen LogP contribution in [-0.4, -0.2) is 17.4 Å². The van der Waals surface area contributed by atoms with Crippen molar-refractivity contribution in [3.63, 3.8) is 0 Å². The number of carbonyl (C=O) groups is 1. The summed E-state index contributed by atoms with van der Waals surface area (Å²) in [5.74, 6) is 0.457. The monoisotopic (exact) mass is 251 g/mol. The Labute approximate surface area is 113 Å². The molecule has 1 atom stereocenters. The van der Waals surface area contributed by atoms with Gasteiger partial charge in [0.2, 0.25) is 5.91 Å². The van der Waals surface area contributed by atoms with E-state index in [4.69, 9.17) is 0 Å². The van der Waals surface area contributed by atoms with Crippen LogP contribution in [0.4, 0.5) is 0 Å². The maximum atomic E-state index is 12.1. The van der Waals surface area contributed by atoms with E-state index in [0.717, 1.165) is 19.5 Å². The van der Waals surface area contributed by atoms with Crippen molar-refractivity contribution in [2.24, 2.45) is 5.92 Å². The largest absolute Gasteiger partial charge is 0.337 e. The second-order valence-corrected chi connectivity index (χ2v) is 5.09. The minimum absolute atomic E-state index is 0.172. The Kier molecular flexibility index (Phi) is 3.32. The zero-order valence-electron chi connectivity index (χ0n) is 10.8. The molecule has 2 aromatic carbocycles. The van der Waals surface area contributed by atoms with E-state index in [-0.39, 0.29) is 11.8 Å². The highest BCUT2D eigenvalue weighted by molar-refractivity contribution is 5.84. The van der Waals surface area contributed by atoms with Crippen LogP contribution in [0.5, 0.6) is 0 Å². The lowest BCUT2D eigenvalue weighted by atomic mass is 9.90. The van der Waals surface area contributed by atoms with Crippen LogP contribution < -0.4 is 0 Å². The molecule has 2 heteroatoms. The standard InChI is InChI=1S/C17H17NO/c19-17-16(11-14-7-3-1-4-8-14)13-18(17)12-15-9-5-2-6-10-15/h1-10,16H,11-13H2/t16-/m0/s1. The van der Waals surface area contributed by atoms with Crippen molar-refractivity contribution >= 4 is 5.91 Å². The van der Waals surface area contributed by atoms with E-state index in [1.807, 2.05) is 41.3 Å². The van der Waals surface area contributed by atoms with Gasteiger partial charge in [-0.3, -0.25) is 4.79 Å². The first-order valence-electron chi connectivity index (χ1n) is 6.69. The summed E-state index contributed by atoms with van der Waals surface area (Å²) >= 11 is 0. The molecular formula is C17H17NO. The first-order valence-corrected chi connectivity index (χ1v) is 6.69. The Morgan fingerprint density at radius 3 is 2.05 bits per heavy atom. The summed E-state index contributed by atoms with van der Waals surface area (Å²) in [6.07, 6.45) is 0.866. The summed E-state index contributed by atoms with van der Waals surface area (Å²) in [6.45, 7) is 1.62. The molecule has 1 saturated heterocycles. The van der Waals surface area contributed by atoms with E-state index in [0.29, 0.717) is 0 Å². The predicted octanol–water partition coefficient (Wildman–Crippen LogP) is 2.89. The third-order valence-electron chi connectivity index (χ3n) is 3.64. The van der Waals surface area contributed by atoms with Gasteiger partial charge < -0.3 is 4.90 Å². The van der Waals surface area contributed by atoms with Gasteiger partial charge in [-0.05, 0) is 17.5 Å². The predicted molar refractivity (Wildman–Crippen MR) is 75.5 cm³/mol. The number of amides is 1. The Bertz CT molecular complexity index is 500. The topological polar surface area (TPSA) is 20.3 Å². The van der Waals surface area contributed by atoms with E-state index in [2.05, 4.69) is 24.3 Å². The second-order valence-electron chi connectivity index (χ2n) is 5.09. The van der Waals surface area contributed by atoms with Crippen LogP contribution in [0.3, 0.4) is 0 Å². The SMILES string of the molecule is O=C1[C@@H](Cc2ccccc2)CN1Cc1ccccc1. The number of carbonyl (C=O) groups excluding carboxylic acids is 1. The summed E-state index contributed by atoms with van der Waals surface area (Å²) in [5, 5.41) is 0. The van der Waals surface area contributed by atoms with Crippen molar-refractivity contribution in [3.05, 3.63) is 71.8 Å². The van der Waals surface area contributed by atoms with Crippen LogP contribution in [0.25, 0.3) is 0 Å². The Morgan fingerprint density at radius 2 is 1.47 bits per heavy atom. The molecule has 1 aliphatic rings. The van der Waals surface area contributed by atoms with E-state index >= 15 is 0 Å². The second kappa shape index (κ2) is 5.27. The van der Waals surface area contributed by atoms with Crippen LogP contribution in [0, 0.1) is 5.92 Å². The maximum Gasteiger partial charge on any atom is 0.228 e. The summed E-state index contributed by atoms with van der Waals surface area (Å²) in [5.41, 5.74) is 2.45. The normalized spacial score (nSPS) is 18.2. The molecule has 3 rings (SSSR count). The molecule has 96 valence electrons.